The van der Waals surface area contributed by atoms with E-state index in [1.54, 1.807) is 0 Å². The molecule has 2 N–H and O–H groups in total. The van der Waals surface area contributed by atoms with Crippen LogP contribution in [0.5, 0.6) is 0 Å². The fourth-order valence-electron chi connectivity index (χ4n) is 2.56. The third-order valence-electron chi connectivity index (χ3n) is 3.68. The first kappa shape index (κ1) is 18.7. The normalized spacial score (nSPS) is 10.4. The van der Waals surface area contributed by atoms with Crippen molar-refractivity contribution in [1.29, 1.82) is 0 Å². The monoisotopic (exact) mass is 452 g/mol. The zero-order valence-corrected chi connectivity index (χ0v) is 17.1. The third kappa shape index (κ3) is 4.24. The molecule has 2 amide bonds. The van der Waals surface area contributed by atoms with Crippen molar-refractivity contribution < 1.29 is 9.59 Å². The van der Waals surface area contributed by atoms with Crippen molar-refractivity contribution in [1.82, 2.24) is 0 Å². The number of carbonyl (C=O) groups excluding carboxylic acids is 2. The molecule has 2 rings (SSSR count). The first-order valence-electron chi connectivity index (χ1n) is 7.35. The van der Waals surface area contributed by atoms with E-state index in [-0.39, 0.29) is 0 Å². The van der Waals surface area contributed by atoms with E-state index in [1.165, 1.54) is 0 Å². The molecule has 2 aromatic rings. The van der Waals surface area contributed by atoms with Gasteiger partial charge in [-0.2, -0.15) is 0 Å². The Morgan fingerprint density at radius 1 is 0.667 bits per heavy atom. The highest BCUT2D eigenvalue weighted by Crippen LogP contribution is 2.26. The Kier molecular flexibility index (Phi) is 5.83. The van der Waals surface area contributed by atoms with Crippen molar-refractivity contribution >= 4 is 55.0 Å². The van der Waals surface area contributed by atoms with E-state index in [4.69, 9.17) is 0 Å². The van der Waals surface area contributed by atoms with Crippen LogP contribution in [0.4, 0.5) is 11.4 Å². The molecule has 0 atom stereocenters. The van der Waals surface area contributed by atoms with Crippen LogP contribution in [-0.4, -0.2) is 11.8 Å². The van der Waals surface area contributed by atoms with Crippen LogP contribution in [-0.2, 0) is 9.59 Å². The molecule has 0 saturated heterocycles. The Morgan fingerprint density at radius 2 is 0.917 bits per heavy atom. The number of hydrogen-bond donors (Lipinski definition) is 2. The van der Waals surface area contributed by atoms with E-state index in [1.807, 2.05) is 52.0 Å². The highest BCUT2D eigenvalue weighted by atomic mass is 79.9. The van der Waals surface area contributed by atoms with E-state index < -0.39 is 11.8 Å². The summed E-state index contributed by atoms with van der Waals surface area (Å²) in [6.45, 7) is 7.53. The molecule has 0 heterocycles. The maximum atomic E-state index is 12.3. The van der Waals surface area contributed by atoms with E-state index in [2.05, 4.69) is 42.5 Å². The van der Waals surface area contributed by atoms with Gasteiger partial charge in [0.25, 0.3) is 0 Å². The second kappa shape index (κ2) is 7.49. The van der Waals surface area contributed by atoms with E-state index in [0.29, 0.717) is 11.4 Å². The number of benzene rings is 2. The lowest BCUT2D eigenvalue weighted by Crippen LogP contribution is -2.30. The van der Waals surface area contributed by atoms with Crippen LogP contribution in [0, 0.1) is 27.7 Å². The molecule has 0 aromatic heterocycles. The quantitative estimate of drug-likeness (QED) is 0.627. The summed E-state index contributed by atoms with van der Waals surface area (Å²) in [5.74, 6) is -1.38. The summed E-state index contributed by atoms with van der Waals surface area (Å²) < 4.78 is 1.86. The largest absolute Gasteiger partial charge is 0.317 e. The minimum Gasteiger partial charge on any atom is -0.317 e. The van der Waals surface area contributed by atoms with Crippen LogP contribution in [0.2, 0.25) is 0 Å². The number of rotatable bonds is 2. The molecule has 6 heteroatoms. The molecule has 24 heavy (non-hydrogen) atoms. The van der Waals surface area contributed by atoms with Crippen LogP contribution < -0.4 is 10.6 Å². The van der Waals surface area contributed by atoms with Gasteiger partial charge in [0, 0.05) is 20.3 Å². The Labute approximate surface area is 158 Å². The van der Waals surface area contributed by atoms with Gasteiger partial charge in [-0.15, -0.1) is 0 Å². The van der Waals surface area contributed by atoms with Gasteiger partial charge < -0.3 is 10.6 Å². The number of carbonyl (C=O) groups is 2. The molecule has 2 aromatic carbocycles. The summed E-state index contributed by atoms with van der Waals surface area (Å²) in [4.78, 5) is 24.5. The fraction of sp³-hybridized carbons (Fsp3) is 0.222. The van der Waals surface area contributed by atoms with Crippen molar-refractivity contribution in [2.75, 3.05) is 10.6 Å². The Morgan fingerprint density at radius 3 is 1.17 bits per heavy atom. The topological polar surface area (TPSA) is 58.2 Å². The van der Waals surface area contributed by atoms with Crippen LogP contribution in [0.3, 0.4) is 0 Å². The zero-order valence-electron chi connectivity index (χ0n) is 13.9. The van der Waals surface area contributed by atoms with E-state index in [0.717, 1.165) is 31.2 Å². The molecule has 0 aliphatic rings. The average molecular weight is 454 g/mol. The standard InChI is InChI=1S/C18H18Br2N2O2/c1-9-5-13(19)6-10(2)15(9)21-17(23)18(24)22-16-11(3)7-14(20)8-12(16)4/h5-8H,1-4H3,(H,21,23)(H,22,24). The molecular weight excluding hydrogens is 436 g/mol. The molecule has 0 bridgehead atoms. The number of anilines is 2. The highest BCUT2D eigenvalue weighted by molar-refractivity contribution is 9.10. The predicted molar refractivity (Wildman–Crippen MR) is 104 cm³/mol. The number of nitrogens with one attached hydrogen (secondary N) is 2. The average Bonchev–Trinajstić information content (AvgIpc) is 2.46. The van der Waals surface area contributed by atoms with Crippen LogP contribution in [0.25, 0.3) is 0 Å². The van der Waals surface area contributed by atoms with Crippen molar-refractivity contribution in [2.45, 2.75) is 27.7 Å². The van der Waals surface area contributed by atoms with Gasteiger partial charge in [0.1, 0.15) is 0 Å². The first-order chi connectivity index (χ1) is 11.2. The lowest BCUT2D eigenvalue weighted by molar-refractivity contribution is -0.133. The second-order valence-electron chi connectivity index (χ2n) is 5.74. The molecular formula is C18H18Br2N2O2. The molecule has 4 nitrogen and oxygen atoms in total. The van der Waals surface area contributed by atoms with Gasteiger partial charge >= 0.3 is 11.8 Å². The lowest BCUT2D eigenvalue weighted by atomic mass is 10.1. The number of hydrogen-bond acceptors (Lipinski definition) is 2. The third-order valence-corrected chi connectivity index (χ3v) is 4.59. The molecule has 0 spiro atoms. The van der Waals surface area contributed by atoms with Gasteiger partial charge in [-0.3, -0.25) is 9.59 Å². The molecule has 0 aliphatic carbocycles. The summed E-state index contributed by atoms with van der Waals surface area (Å²) in [6, 6.07) is 7.57. The molecule has 0 saturated carbocycles. The summed E-state index contributed by atoms with van der Waals surface area (Å²) in [6.07, 6.45) is 0. The summed E-state index contributed by atoms with van der Waals surface area (Å²) in [7, 11) is 0. The van der Waals surface area contributed by atoms with Gasteiger partial charge in [0.05, 0.1) is 0 Å². The Hall–Kier alpha value is -1.66. The summed E-state index contributed by atoms with van der Waals surface area (Å²) in [5, 5.41) is 5.39. The highest BCUT2D eigenvalue weighted by Gasteiger charge is 2.18. The van der Waals surface area contributed by atoms with Gasteiger partial charge in [-0.25, -0.2) is 0 Å². The molecule has 0 aliphatic heterocycles. The fourth-order valence-corrected chi connectivity index (χ4v) is 3.93. The second-order valence-corrected chi connectivity index (χ2v) is 7.57. The van der Waals surface area contributed by atoms with Gasteiger partial charge in [-0.1, -0.05) is 31.9 Å². The van der Waals surface area contributed by atoms with Crippen molar-refractivity contribution in [3.63, 3.8) is 0 Å². The molecule has 126 valence electrons. The molecule has 0 fully saturated rings. The molecule has 0 radical (unpaired) electrons. The van der Waals surface area contributed by atoms with Gasteiger partial charge in [-0.05, 0) is 74.2 Å². The van der Waals surface area contributed by atoms with Crippen LogP contribution in [0.1, 0.15) is 22.3 Å². The number of amides is 2. The molecule has 0 unspecified atom stereocenters. The SMILES string of the molecule is Cc1cc(Br)cc(C)c1NC(=O)C(=O)Nc1c(C)cc(Br)cc1C. The maximum Gasteiger partial charge on any atom is 0.314 e. The van der Waals surface area contributed by atoms with Crippen molar-refractivity contribution in [2.24, 2.45) is 0 Å². The zero-order chi connectivity index (χ0) is 18.0. The predicted octanol–water partition coefficient (Wildman–Crippen LogP) is 5.02. The summed E-state index contributed by atoms with van der Waals surface area (Å²) in [5.41, 5.74) is 4.86. The van der Waals surface area contributed by atoms with Crippen molar-refractivity contribution in [3.05, 3.63) is 55.5 Å². The van der Waals surface area contributed by atoms with Crippen LogP contribution >= 0.6 is 31.9 Å². The Bertz CT molecular complexity index is 716. The maximum absolute atomic E-state index is 12.3. The number of halogens is 2. The number of aryl methyl sites for hydroxylation is 4. The van der Waals surface area contributed by atoms with Crippen molar-refractivity contribution in [3.8, 4) is 0 Å². The first-order valence-corrected chi connectivity index (χ1v) is 8.93. The smallest absolute Gasteiger partial charge is 0.314 e. The minimum absolute atomic E-state index is 0.655. The van der Waals surface area contributed by atoms with E-state index in [9.17, 15) is 9.59 Å². The Balaban J connectivity index is 2.19. The van der Waals surface area contributed by atoms with Crippen LogP contribution in [0.15, 0.2) is 33.2 Å². The van der Waals surface area contributed by atoms with E-state index >= 15 is 0 Å². The minimum atomic E-state index is -0.690. The van der Waals surface area contributed by atoms with Gasteiger partial charge in [0.2, 0.25) is 0 Å². The lowest BCUT2D eigenvalue weighted by Gasteiger charge is -2.14. The van der Waals surface area contributed by atoms with Gasteiger partial charge in [0.15, 0.2) is 0 Å². The summed E-state index contributed by atoms with van der Waals surface area (Å²) >= 11 is 6.82.